The molecule has 0 amide bonds. The summed E-state index contributed by atoms with van der Waals surface area (Å²) in [6.07, 6.45) is 1.21. The van der Waals surface area contributed by atoms with Crippen LogP contribution in [0, 0.1) is 0 Å². The molecule has 0 spiro atoms. The highest BCUT2D eigenvalue weighted by Gasteiger charge is 2.12. The number of hydrogen-bond donors (Lipinski definition) is 0. The van der Waals surface area contributed by atoms with Gasteiger partial charge in [0.2, 0.25) is 0 Å². The predicted octanol–water partition coefficient (Wildman–Crippen LogP) is 2.10. The molecule has 0 saturated heterocycles. The van der Waals surface area contributed by atoms with Gasteiger partial charge in [0.1, 0.15) is 0 Å². The number of benzene rings is 1. The summed E-state index contributed by atoms with van der Waals surface area (Å²) in [6, 6.07) is 8.60. The minimum absolute atomic E-state index is 0. The Bertz CT molecular complexity index is 247. The number of anilines is 1. The number of fused-ring (bicyclic) bond motifs is 1. The van der Waals surface area contributed by atoms with E-state index in [2.05, 4.69) is 36.2 Å². The molecule has 0 unspecified atom stereocenters. The van der Waals surface area contributed by atoms with Crippen molar-refractivity contribution in [3.63, 3.8) is 0 Å². The first-order valence-corrected chi connectivity index (χ1v) is 3.67. The Labute approximate surface area is 73.4 Å². The zero-order chi connectivity index (χ0) is 6.97. The maximum Gasteiger partial charge on any atom is 0.0396 e. The van der Waals surface area contributed by atoms with Gasteiger partial charge in [0.05, 0.1) is 0 Å². The van der Waals surface area contributed by atoms with E-state index < -0.39 is 0 Å². The fourth-order valence-electron chi connectivity index (χ4n) is 1.50. The number of hydrogen-bond acceptors (Lipinski definition) is 1. The fourth-order valence-corrected chi connectivity index (χ4v) is 1.50. The van der Waals surface area contributed by atoms with Crippen molar-refractivity contribution in [3.05, 3.63) is 29.8 Å². The minimum atomic E-state index is 0. The highest BCUT2D eigenvalue weighted by Crippen LogP contribution is 2.25. The summed E-state index contributed by atoms with van der Waals surface area (Å²) in [4.78, 5) is 2.30. The van der Waals surface area contributed by atoms with Gasteiger partial charge >= 0.3 is 0 Å². The van der Waals surface area contributed by atoms with E-state index in [1.165, 1.54) is 24.2 Å². The Kier molecular flexibility index (Phi) is 2.40. The summed E-state index contributed by atoms with van der Waals surface area (Å²) < 4.78 is 0. The molecular formula is C9H12ClN. The van der Waals surface area contributed by atoms with E-state index in [1.807, 2.05) is 0 Å². The molecule has 1 aliphatic rings. The lowest BCUT2D eigenvalue weighted by atomic mass is 10.2. The number of rotatable bonds is 0. The summed E-state index contributed by atoms with van der Waals surface area (Å²) in [5.74, 6) is 0. The molecule has 2 rings (SSSR count). The lowest BCUT2D eigenvalue weighted by molar-refractivity contribution is 0.956. The van der Waals surface area contributed by atoms with Gasteiger partial charge in [-0.25, -0.2) is 0 Å². The second-order valence-corrected chi connectivity index (χ2v) is 2.80. The molecule has 0 radical (unpaired) electrons. The Balaban J connectivity index is 0.000000605. The molecule has 0 atom stereocenters. The van der Waals surface area contributed by atoms with E-state index in [-0.39, 0.29) is 12.4 Å². The van der Waals surface area contributed by atoms with Crippen molar-refractivity contribution in [2.45, 2.75) is 6.42 Å². The van der Waals surface area contributed by atoms with Gasteiger partial charge in [-0.3, -0.25) is 0 Å². The third-order valence-electron chi connectivity index (χ3n) is 2.12. The zero-order valence-corrected chi connectivity index (χ0v) is 7.40. The van der Waals surface area contributed by atoms with E-state index in [1.54, 1.807) is 0 Å². The summed E-state index contributed by atoms with van der Waals surface area (Å²) in [7, 11) is 2.14. The minimum Gasteiger partial charge on any atom is -0.374 e. The molecule has 0 fully saturated rings. The van der Waals surface area contributed by atoms with Gasteiger partial charge < -0.3 is 4.90 Å². The normalized spacial score (nSPS) is 14.1. The third kappa shape index (κ3) is 1.33. The molecule has 0 saturated carbocycles. The van der Waals surface area contributed by atoms with Crippen molar-refractivity contribution in [2.24, 2.45) is 0 Å². The maximum absolute atomic E-state index is 2.30. The lowest BCUT2D eigenvalue weighted by Crippen LogP contribution is -2.12. The lowest BCUT2D eigenvalue weighted by Gasteiger charge is -2.10. The van der Waals surface area contributed by atoms with Gasteiger partial charge in [0, 0.05) is 19.3 Å². The average molecular weight is 170 g/mol. The summed E-state index contributed by atoms with van der Waals surface area (Å²) in [5, 5.41) is 0. The van der Waals surface area contributed by atoms with Crippen molar-refractivity contribution >= 4 is 18.1 Å². The monoisotopic (exact) mass is 169 g/mol. The standard InChI is InChI=1S/C9H11N.ClH/c1-10-7-6-8-4-2-3-5-9(8)10;/h2-5H,6-7H2,1H3;1H. The second kappa shape index (κ2) is 3.14. The molecule has 1 heterocycles. The largest absolute Gasteiger partial charge is 0.374 e. The molecule has 0 aromatic heterocycles. The first kappa shape index (κ1) is 8.41. The van der Waals surface area contributed by atoms with Crippen molar-refractivity contribution in [3.8, 4) is 0 Å². The molecule has 0 aliphatic carbocycles. The van der Waals surface area contributed by atoms with Crippen LogP contribution < -0.4 is 4.90 Å². The van der Waals surface area contributed by atoms with Crippen LogP contribution in [-0.4, -0.2) is 13.6 Å². The second-order valence-electron chi connectivity index (χ2n) is 2.80. The van der Waals surface area contributed by atoms with Crippen LogP contribution in [0.1, 0.15) is 5.56 Å². The van der Waals surface area contributed by atoms with Crippen molar-refractivity contribution in [1.29, 1.82) is 0 Å². The molecule has 2 heteroatoms. The summed E-state index contributed by atoms with van der Waals surface area (Å²) >= 11 is 0. The van der Waals surface area contributed by atoms with Crippen LogP contribution >= 0.6 is 12.4 Å². The first-order valence-electron chi connectivity index (χ1n) is 3.67. The van der Waals surface area contributed by atoms with Crippen LogP contribution in [0.15, 0.2) is 24.3 Å². The van der Waals surface area contributed by atoms with Crippen molar-refractivity contribution in [2.75, 3.05) is 18.5 Å². The number of nitrogens with zero attached hydrogens (tertiary/aromatic N) is 1. The summed E-state index contributed by atoms with van der Waals surface area (Å²) in [5.41, 5.74) is 2.90. The zero-order valence-electron chi connectivity index (χ0n) is 6.58. The Morgan fingerprint density at radius 2 is 2.00 bits per heavy atom. The molecule has 1 nitrogen and oxygen atoms in total. The third-order valence-corrected chi connectivity index (χ3v) is 2.12. The van der Waals surface area contributed by atoms with E-state index in [4.69, 9.17) is 0 Å². The summed E-state index contributed by atoms with van der Waals surface area (Å²) in [6.45, 7) is 1.18. The van der Waals surface area contributed by atoms with Gasteiger partial charge in [0.25, 0.3) is 0 Å². The van der Waals surface area contributed by atoms with Gasteiger partial charge in [-0.2, -0.15) is 0 Å². The molecule has 1 aromatic carbocycles. The van der Waals surface area contributed by atoms with Crippen LogP contribution in [0.2, 0.25) is 0 Å². The fraction of sp³-hybridized carbons (Fsp3) is 0.333. The van der Waals surface area contributed by atoms with Crippen molar-refractivity contribution < 1.29 is 0 Å². The van der Waals surface area contributed by atoms with Crippen molar-refractivity contribution in [1.82, 2.24) is 0 Å². The Morgan fingerprint density at radius 3 is 2.73 bits per heavy atom. The van der Waals surface area contributed by atoms with Crippen LogP contribution in [0.4, 0.5) is 5.69 Å². The molecule has 0 bridgehead atoms. The topological polar surface area (TPSA) is 3.24 Å². The van der Waals surface area contributed by atoms with Crippen LogP contribution in [0.5, 0.6) is 0 Å². The Morgan fingerprint density at radius 1 is 1.27 bits per heavy atom. The van der Waals surface area contributed by atoms with E-state index >= 15 is 0 Å². The molecule has 0 N–H and O–H groups in total. The highest BCUT2D eigenvalue weighted by molar-refractivity contribution is 5.85. The first-order chi connectivity index (χ1) is 4.88. The van der Waals surface area contributed by atoms with Gasteiger partial charge in [0.15, 0.2) is 0 Å². The van der Waals surface area contributed by atoms with Crippen LogP contribution in [-0.2, 0) is 6.42 Å². The maximum atomic E-state index is 2.30. The number of para-hydroxylation sites is 1. The molecular weight excluding hydrogens is 158 g/mol. The van der Waals surface area contributed by atoms with E-state index in [0.717, 1.165) is 0 Å². The average Bonchev–Trinajstić information content (AvgIpc) is 2.34. The molecule has 1 aliphatic heterocycles. The van der Waals surface area contributed by atoms with E-state index in [9.17, 15) is 0 Å². The van der Waals surface area contributed by atoms with Gasteiger partial charge in [-0.15, -0.1) is 12.4 Å². The number of likely N-dealkylation sites (N-methyl/N-ethyl adjacent to an activating group) is 1. The van der Waals surface area contributed by atoms with Crippen LogP contribution in [0.25, 0.3) is 0 Å². The molecule has 11 heavy (non-hydrogen) atoms. The van der Waals surface area contributed by atoms with E-state index in [0.29, 0.717) is 0 Å². The van der Waals surface area contributed by atoms with Gasteiger partial charge in [-0.1, -0.05) is 18.2 Å². The molecule has 1 aromatic rings. The highest BCUT2D eigenvalue weighted by atomic mass is 35.5. The smallest absolute Gasteiger partial charge is 0.0396 e. The number of halogens is 1. The predicted molar refractivity (Wildman–Crippen MR) is 50.7 cm³/mol. The SMILES string of the molecule is CN1CCc2ccccc21.Cl. The van der Waals surface area contributed by atoms with Crippen LogP contribution in [0.3, 0.4) is 0 Å². The quantitative estimate of drug-likeness (QED) is 0.575. The van der Waals surface area contributed by atoms with Gasteiger partial charge in [-0.05, 0) is 18.1 Å². The Hall–Kier alpha value is -0.690. The molecule has 60 valence electrons.